The quantitative estimate of drug-likeness (QED) is 0.524. The Hall–Kier alpha value is -1.13. The summed E-state index contributed by atoms with van der Waals surface area (Å²) in [5.41, 5.74) is 2.24. The maximum Gasteiger partial charge on any atom is 0.170 e. The van der Waals surface area contributed by atoms with Crippen molar-refractivity contribution in [3.8, 4) is 0 Å². The van der Waals surface area contributed by atoms with Gasteiger partial charge in [-0.05, 0) is 43.6 Å². The second-order valence-electron chi connectivity index (χ2n) is 4.33. The maximum atomic E-state index is 8.65. The van der Waals surface area contributed by atoms with Crippen molar-refractivity contribution in [1.82, 2.24) is 5.32 Å². The Balaban J connectivity index is 2.16. The normalized spacial score (nSPS) is 10.1. The SMILES string of the molecule is Cc1ccccc1NC(=S)NCCCCCCO. The van der Waals surface area contributed by atoms with E-state index in [0.717, 1.165) is 37.9 Å². The summed E-state index contributed by atoms with van der Waals surface area (Å²) in [5.74, 6) is 0. The van der Waals surface area contributed by atoms with Crippen LogP contribution in [0.25, 0.3) is 0 Å². The van der Waals surface area contributed by atoms with Crippen LogP contribution in [0.3, 0.4) is 0 Å². The molecule has 3 N–H and O–H groups in total. The zero-order valence-electron chi connectivity index (χ0n) is 10.9. The number of unbranched alkanes of at least 4 members (excludes halogenated alkanes) is 3. The molecule has 0 aromatic heterocycles. The first-order valence-corrected chi connectivity index (χ1v) is 6.86. The zero-order valence-corrected chi connectivity index (χ0v) is 11.7. The van der Waals surface area contributed by atoms with Gasteiger partial charge in [-0.25, -0.2) is 0 Å². The second kappa shape index (κ2) is 8.89. The van der Waals surface area contributed by atoms with Crippen LogP contribution in [0.2, 0.25) is 0 Å². The first kappa shape index (κ1) is 14.9. The Morgan fingerprint density at radius 1 is 1.17 bits per heavy atom. The van der Waals surface area contributed by atoms with Crippen LogP contribution in [0.1, 0.15) is 31.2 Å². The Kier molecular flexibility index (Phi) is 7.37. The van der Waals surface area contributed by atoms with Crippen molar-refractivity contribution in [3.63, 3.8) is 0 Å². The number of anilines is 1. The average molecular weight is 266 g/mol. The van der Waals surface area contributed by atoms with Gasteiger partial charge in [0.25, 0.3) is 0 Å². The minimum absolute atomic E-state index is 0.292. The van der Waals surface area contributed by atoms with Crippen molar-refractivity contribution in [2.45, 2.75) is 32.6 Å². The summed E-state index contributed by atoms with van der Waals surface area (Å²) in [4.78, 5) is 0. The fourth-order valence-electron chi connectivity index (χ4n) is 1.67. The van der Waals surface area contributed by atoms with Gasteiger partial charge in [0.2, 0.25) is 0 Å². The standard InChI is InChI=1S/C14H22N2OS/c1-12-8-4-5-9-13(12)16-14(18)15-10-6-2-3-7-11-17/h4-5,8-9,17H,2-3,6-7,10-11H2,1H3,(H2,15,16,18). The van der Waals surface area contributed by atoms with Crippen LogP contribution in [-0.4, -0.2) is 23.4 Å². The van der Waals surface area contributed by atoms with Gasteiger partial charge in [-0.2, -0.15) is 0 Å². The summed E-state index contributed by atoms with van der Waals surface area (Å²) in [6.45, 7) is 3.23. The molecule has 0 bridgehead atoms. The fourth-order valence-corrected chi connectivity index (χ4v) is 1.88. The molecule has 0 aliphatic rings. The number of para-hydroxylation sites is 1. The molecule has 4 heteroatoms. The van der Waals surface area contributed by atoms with Crippen molar-refractivity contribution in [1.29, 1.82) is 0 Å². The van der Waals surface area contributed by atoms with Gasteiger partial charge < -0.3 is 15.7 Å². The summed E-state index contributed by atoms with van der Waals surface area (Å²) in [6.07, 6.45) is 4.18. The molecule has 3 nitrogen and oxygen atoms in total. The molecule has 0 heterocycles. The number of aliphatic hydroxyl groups is 1. The van der Waals surface area contributed by atoms with E-state index in [2.05, 4.69) is 23.6 Å². The van der Waals surface area contributed by atoms with E-state index in [1.54, 1.807) is 0 Å². The lowest BCUT2D eigenvalue weighted by Crippen LogP contribution is -2.29. The van der Waals surface area contributed by atoms with Crippen LogP contribution in [-0.2, 0) is 0 Å². The molecule has 0 radical (unpaired) electrons. The molecule has 0 saturated carbocycles. The highest BCUT2D eigenvalue weighted by molar-refractivity contribution is 7.80. The van der Waals surface area contributed by atoms with Crippen LogP contribution in [0.4, 0.5) is 5.69 Å². The van der Waals surface area contributed by atoms with Gasteiger partial charge in [0.15, 0.2) is 5.11 Å². The minimum atomic E-state index is 0.292. The van der Waals surface area contributed by atoms with E-state index in [9.17, 15) is 0 Å². The van der Waals surface area contributed by atoms with E-state index in [0.29, 0.717) is 11.7 Å². The summed E-state index contributed by atoms with van der Waals surface area (Å²) in [6, 6.07) is 8.08. The van der Waals surface area contributed by atoms with Crippen LogP contribution >= 0.6 is 12.2 Å². The van der Waals surface area contributed by atoms with Gasteiger partial charge in [0, 0.05) is 18.8 Å². The number of aryl methyl sites for hydroxylation is 1. The van der Waals surface area contributed by atoms with Crippen molar-refractivity contribution in [3.05, 3.63) is 29.8 Å². The molecular formula is C14H22N2OS. The van der Waals surface area contributed by atoms with E-state index in [1.165, 1.54) is 5.56 Å². The molecular weight excluding hydrogens is 244 g/mol. The molecule has 0 aliphatic carbocycles. The van der Waals surface area contributed by atoms with E-state index >= 15 is 0 Å². The molecule has 0 fully saturated rings. The third kappa shape index (κ3) is 5.98. The molecule has 1 aromatic rings. The third-order valence-corrected chi connectivity index (χ3v) is 3.01. The monoisotopic (exact) mass is 266 g/mol. The van der Waals surface area contributed by atoms with Crippen LogP contribution in [0.15, 0.2) is 24.3 Å². The molecule has 100 valence electrons. The van der Waals surface area contributed by atoms with Gasteiger partial charge in [0.05, 0.1) is 0 Å². The molecule has 0 aliphatic heterocycles. The van der Waals surface area contributed by atoms with Crippen molar-refractivity contribution < 1.29 is 5.11 Å². The van der Waals surface area contributed by atoms with Gasteiger partial charge in [-0.15, -0.1) is 0 Å². The van der Waals surface area contributed by atoms with Gasteiger partial charge in [-0.1, -0.05) is 31.0 Å². The van der Waals surface area contributed by atoms with E-state index in [-0.39, 0.29) is 0 Å². The van der Waals surface area contributed by atoms with E-state index in [4.69, 9.17) is 17.3 Å². The Morgan fingerprint density at radius 2 is 1.89 bits per heavy atom. The first-order chi connectivity index (χ1) is 8.74. The number of thiocarbonyl (C=S) groups is 1. The van der Waals surface area contributed by atoms with Crippen molar-refractivity contribution in [2.24, 2.45) is 0 Å². The van der Waals surface area contributed by atoms with Crippen LogP contribution in [0, 0.1) is 6.92 Å². The van der Waals surface area contributed by atoms with Gasteiger partial charge >= 0.3 is 0 Å². The van der Waals surface area contributed by atoms with Gasteiger partial charge in [-0.3, -0.25) is 0 Å². The summed E-state index contributed by atoms with van der Waals surface area (Å²) < 4.78 is 0. The molecule has 0 spiro atoms. The minimum Gasteiger partial charge on any atom is -0.396 e. The zero-order chi connectivity index (χ0) is 13.2. The highest BCUT2D eigenvalue weighted by Crippen LogP contribution is 2.12. The van der Waals surface area contributed by atoms with Crippen LogP contribution in [0.5, 0.6) is 0 Å². The largest absolute Gasteiger partial charge is 0.396 e. The number of benzene rings is 1. The summed E-state index contributed by atoms with van der Waals surface area (Å²) in [5, 5.41) is 15.7. The lowest BCUT2D eigenvalue weighted by Gasteiger charge is -2.12. The molecule has 0 atom stereocenters. The highest BCUT2D eigenvalue weighted by Gasteiger charge is 1.99. The fraction of sp³-hybridized carbons (Fsp3) is 0.500. The smallest absolute Gasteiger partial charge is 0.170 e. The number of nitrogens with one attached hydrogen (secondary N) is 2. The van der Waals surface area contributed by atoms with Crippen LogP contribution < -0.4 is 10.6 Å². The second-order valence-corrected chi connectivity index (χ2v) is 4.74. The molecule has 0 amide bonds. The van der Waals surface area contributed by atoms with Crippen molar-refractivity contribution in [2.75, 3.05) is 18.5 Å². The van der Waals surface area contributed by atoms with Crippen molar-refractivity contribution >= 4 is 23.0 Å². The van der Waals surface area contributed by atoms with E-state index < -0.39 is 0 Å². The Morgan fingerprint density at radius 3 is 2.61 bits per heavy atom. The maximum absolute atomic E-state index is 8.65. The Bertz CT molecular complexity index is 369. The molecule has 0 saturated heterocycles. The summed E-state index contributed by atoms with van der Waals surface area (Å²) >= 11 is 5.23. The first-order valence-electron chi connectivity index (χ1n) is 6.45. The Labute approximate surface area is 115 Å². The predicted molar refractivity (Wildman–Crippen MR) is 81.0 cm³/mol. The van der Waals surface area contributed by atoms with E-state index in [1.807, 2.05) is 18.2 Å². The third-order valence-electron chi connectivity index (χ3n) is 2.76. The molecule has 18 heavy (non-hydrogen) atoms. The highest BCUT2D eigenvalue weighted by atomic mass is 32.1. The number of rotatable bonds is 7. The number of hydrogen-bond donors (Lipinski definition) is 3. The summed E-state index contributed by atoms with van der Waals surface area (Å²) in [7, 11) is 0. The lowest BCUT2D eigenvalue weighted by molar-refractivity contribution is 0.282. The molecule has 1 aromatic carbocycles. The lowest BCUT2D eigenvalue weighted by atomic mass is 10.2. The predicted octanol–water partition coefficient (Wildman–Crippen LogP) is 2.83. The van der Waals surface area contributed by atoms with Gasteiger partial charge in [0.1, 0.15) is 0 Å². The number of hydrogen-bond acceptors (Lipinski definition) is 2. The molecule has 0 unspecified atom stereocenters. The number of aliphatic hydroxyl groups excluding tert-OH is 1. The average Bonchev–Trinajstić information content (AvgIpc) is 2.36. The topological polar surface area (TPSA) is 44.3 Å². The molecule has 1 rings (SSSR count).